The van der Waals surface area contributed by atoms with E-state index in [1.165, 1.54) is 35.2 Å². The molecule has 7 nitrogen and oxygen atoms in total. The predicted octanol–water partition coefficient (Wildman–Crippen LogP) is 6.62. The van der Waals surface area contributed by atoms with E-state index in [0.717, 1.165) is 23.3 Å². The Morgan fingerprint density at radius 2 is 1.43 bits per heavy atom. The van der Waals surface area contributed by atoms with Gasteiger partial charge in [0.05, 0.1) is 16.1 Å². The monoisotopic (exact) mass is 665 g/mol. The van der Waals surface area contributed by atoms with E-state index >= 15 is 0 Å². The number of sulfonamides is 1. The number of aryl methyl sites for hydroxylation is 1. The molecule has 0 saturated carbocycles. The van der Waals surface area contributed by atoms with Gasteiger partial charge in [-0.2, -0.15) is 13.2 Å². The SMILES string of the molecule is Cc1ccc(CN(C(=O)CN(c2cccc(C(F)(F)F)c2)S(=O)(=O)c2ccccc2)C(Cc2ccccc2)C(=O)NCC(C)C)cc1. The summed E-state index contributed by atoms with van der Waals surface area (Å²) in [6.45, 7) is 5.22. The first kappa shape index (κ1) is 35.2. The fourth-order valence-electron chi connectivity index (χ4n) is 4.95. The Bertz CT molecular complexity index is 1750. The number of rotatable bonds is 13. The van der Waals surface area contributed by atoms with E-state index in [1.54, 1.807) is 6.07 Å². The number of carbonyl (C=O) groups excluding carboxylic acids is 2. The van der Waals surface area contributed by atoms with Crippen LogP contribution in [0, 0.1) is 12.8 Å². The second kappa shape index (κ2) is 15.3. The van der Waals surface area contributed by atoms with Crippen LogP contribution in [-0.2, 0) is 38.8 Å². The molecule has 1 N–H and O–H groups in total. The number of nitrogens with one attached hydrogen (secondary N) is 1. The highest BCUT2D eigenvalue weighted by Crippen LogP contribution is 2.33. The van der Waals surface area contributed by atoms with Gasteiger partial charge in [-0.3, -0.25) is 13.9 Å². The average Bonchev–Trinajstić information content (AvgIpc) is 3.05. The third kappa shape index (κ3) is 9.45. The molecule has 1 unspecified atom stereocenters. The first-order valence-electron chi connectivity index (χ1n) is 15.2. The van der Waals surface area contributed by atoms with E-state index < -0.39 is 46.2 Å². The van der Waals surface area contributed by atoms with E-state index in [0.29, 0.717) is 22.5 Å². The highest BCUT2D eigenvalue weighted by Gasteiger charge is 2.36. The zero-order valence-corrected chi connectivity index (χ0v) is 27.3. The molecule has 4 aromatic carbocycles. The maximum Gasteiger partial charge on any atom is 0.416 e. The van der Waals surface area contributed by atoms with Crippen molar-refractivity contribution in [2.75, 3.05) is 17.4 Å². The van der Waals surface area contributed by atoms with E-state index in [2.05, 4.69) is 5.32 Å². The molecule has 4 aromatic rings. The third-order valence-corrected chi connectivity index (χ3v) is 9.29. The van der Waals surface area contributed by atoms with Gasteiger partial charge in [0.15, 0.2) is 0 Å². The average molecular weight is 666 g/mol. The molecule has 0 heterocycles. The van der Waals surface area contributed by atoms with Gasteiger partial charge >= 0.3 is 6.18 Å². The van der Waals surface area contributed by atoms with Crippen molar-refractivity contribution in [3.8, 4) is 0 Å². The zero-order chi connectivity index (χ0) is 34.2. The van der Waals surface area contributed by atoms with Gasteiger partial charge < -0.3 is 10.2 Å². The number of carbonyl (C=O) groups is 2. The highest BCUT2D eigenvalue weighted by molar-refractivity contribution is 7.92. The van der Waals surface area contributed by atoms with Crippen molar-refractivity contribution in [1.82, 2.24) is 10.2 Å². The summed E-state index contributed by atoms with van der Waals surface area (Å²) in [6, 6.07) is 26.4. The van der Waals surface area contributed by atoms with Crippen molar-refractivity contribution >= 4 is 27.5 Å². The van der Waals surface area contributed by atoms with Crippen molar-refractivity contribution in [2.45, 2.75) is 50.9 Å². The molecule has 248 valence electrons. The summed E-state index contributed by atoms with van der Waals surface area (Å²) in [7, 11) is -4.53. The summed E-state index contributed by atoms with van der Waals surface area (Å²) in [6.07, 6.45) is -4.63. The normalized spacial score (nSPS) is 12.4. The molecule has 0 saturated heterocycles. The second-order valence-corrected chi connectivity index (χ2v) is 13.6. The molecule has 4 rings (SSSR count). The summed E-state index contributed by atoms with van der Waals surface area (Å²) in [5.41, 5.74) is 1.03. The number of halogens is 3. The smallest absolute Gasteiger partial charge is 0.354 e. The van der Waals surface area contributed by atoms with E-state index in [9.17, 15) is 31.2 Å². The third-order valence-electron chi connectivity index (χ3n) is 7.50. The number of hydrogen-bond acceptors (Lipinski definition) is 4. The van der Waals surface area contributed by atoms with E-state index in [-0.39, 0.29) is 29.5 Å². The molecule has 0 radical (unpaired) electrons. The van der Waals surface area contributed by atoms with Crippen LogP contribution in [0.3, 0.4) is 0 Å². The lowest BCUT2D eigenvalue weighted by molar-refractivity contribution is -0.140. The Labute approximate surface area is 274 Å². The molecule has 0 fully saturated rings. The van der Waals surface area contributed by atoms with Crippen LogP contribution >= 0.6 is 0 Å². The molecule has 2 amide bonds. The van der Waals surface area contributed by atoms with Crippen molar-refractivity contribution in [2.24, 2.45) is 5.92 Å². The lowest BCUT2D eigenvalue weighted by Crippen LogP contribution is -2.53. The fourth-order valence-corrected chi connectivity index (χ4v) is 6.38. The van der Waals surface area contributed by atoms with Gasteiger partial charge in [0.2, 0.25) is 11.8 Å². The van der Waals surface area contributed by atoms with Crippen LogP contribution < -0.4 is 9.62 Å². The van der Waals surface area contributed by atoms with E-state index in [4.69, 9.17) is 0 Å². The van der Waals surface area contributed by atoms with Gasteiger partial charge in [0, 0.05) is 19.5 Å². The molecule has 1 atom stereocenters. The zero-order valence-electron chi connectivity index (χ0n) is 26.4. The van der Waals surface area contributed by atoms with Crippen molar-refractivity contribution < 1.29 is 31.2 Å². The Balaban J connectivity index is 1.83. The van der Waals surface area contributed by atoms with Crippen LogP contribution in [0.4, 0.5) is 18.9 Å². The largest absolute Gasteiger partial charge is 0.416 e. The molecule has 0 aliphatic heterocycles. The summed E-state index contributed by atoms with van der Waals surface area (Å²) < 4.78 is 70.0. The maximum absolute atomic E-state index is 14.4. The molecule has 0 spiro atoms. The summed E-state index contributed by atoms with van der Waals surface area (Å²) in [4.78, 5) is 29.4. The number of nitrogens with zero attached hydrogens (tertiary/aromatic N) is 2. The van der Waals surface area contributed by atoms with Crippen LogP contribution in [0.25, 0.3) is 0 Å². The molecule has 0 aliphatic rings. The molecule has 0 aliphatic carbocycles. The molecule has 11 heteroatoms. The second-order valence-electron chi connectivity index (χ2n) is 11.7. The van der Waals surface area contributed by atoms with Gasteiger partial charge in [0.25, 0.3) is 10.0 Å². The van der Waals surface area contributed by atoms with Gasteiger partial charge in [-0.1, -0.05) is 98.3 Å². The molecule has 47 heavy (non-hydrogen) atoms. The molecular formula is C36H38F3N3O4S. The predicted molar refractivity (Wildman–Crippen MR) is 176 cm³/mol. The topological polar surface area (TPSA) is 86.8 Å². The molecule has 0 bridgehead atoms. The number of alkyl halides is 3. The van der Waals surface area contributed by atoms with Crippen LogP contribution in [0.1, 0.15) is 36.1 Å². The van der Waals surface area contributed by atoms with Crippen molar-refractivity contribution in [1.29, 1.82) is 0 Å². The first-order chi connectivity index (χ1) is 22.3. The van der Waals surface area contributed by atoms with E-state index in [1.807, 2.05) is 75.4 Å². The van der Waals surface area contributed by atoms with Gasteiger partial charge in [-0.15, -0.1) is 0 Å². The van der Waals surface area contributed by atoms with Crippen LogP contribution in [0.15, 0.2) is 114 Å². The standard InChI is InChI=1S/C36H38F3N3O4S/c1-26(2)23-40-35(44)33(21-28-11-6-4-7-12-28)41(24-29-19-17-27(3)18-20-29)34(43)25-42(47(45,46)32-15-8-5-9-16-32)31-14-10-13-30(22-31)36(37,38)39/h4-20,22,26,33H,21,23-25H2,1-3H3,(H,40,44). The summed E-state index contributed by atoms with van der Waals surface area (Å²) in [5.74, 6) is -1.08. The Hall–Kier alpha value is -4.64. The van der Waals surface area contributed by atoms with Gasteiger partial charge in [-0.25, -0.2) is 8.42 Å². The van der Waals surface area contributed by atoms with Crippen molar-refractivity contribution in [3.63, 3.8) is 0 Å². The number of benzene rings is 4. The highest BCUT2D eigenvalue weighted by atomic mass is 32.2. The van der Waals surface area contributed by atoms with Crippen LogP contribution in [0.5, 0.6) is 0 Å². The minimum absolute atomic E-state index is 0.0481. The Morgan fingerprint density at radius 1 is 0.809 bits per heavy atom. The number of anilines is 1. The first-order valence-corrected chi connectivity index (χ1v) is 16.6. The summed E-state index contributed by atoms with van der Waals surface area (Å²) in [5, 5.41) is 2.91. The van der Waals surface area contributed by atoms with Crippen molar-refractivity contribution in [3.05, 3.63) is 131 Å². The van der Waals surface area contributed by atoms with Crippen LogP contribution in [-0.4, -0.2) is 44.3 Å². The maximum atomic E-state index is 14.4. The van der Waals surface area contributed by atoms with Gasteiger partial charge in [0.1, 0.15) is 12.6 Å². The number of amides is 2. The van der Waals surface area contributed by atoms with Crippen LogP contribution in [0.2, 0.25) is 0 Å². The lowest BCUT2D eigenvalue weighted by atomic mass is 10.0. The minimum Gasteiger partial charge on any atom is -0.354 e. The Kier molecular flexibility index (Phi) is 11.5. The minimum atomic E-state index is -4.76. The number of hydrogen-bond donors (Lipinski definition) is 1. The molecular weight excluding hydrogens is 627 g/mol. The lowest BCUT2D eigenvalue weighted by Gasteiger charge is -2.34. The Morgan fingerprint density at radius 3 is 2.02 bits per heavy atom. The quantitative estimate of drug-likeness (QED) is 0.174. The van der Waals surface area contributed by atoms with Gasteiger partial charge in [-0.05, 0) is 54.3 Å². The summed E-state index contributed by atoms with van der Waals surface area (Å²) >= 11 is 0. The fraction of sp³-hybridized carbons (Fsp3) is 0.278. The molecule has 0 aromatic heterocycles.